The van der Waals surface area contributed by atoms with E-state index in [2.05, 4.69) is 71.0 Å². The molecule has 24 heavy (non-hydrogen) atoms. The quantitative estimate of drug-likeness (QED) is 0.614. The lowest BCUT2D eigenvalue weighted by Gasteiger charge is -2.50. The third-order valence-electron chi connectivity index (χ3n) is 6.67. The maximum absolute atomic E-state index is 5.24. The first-order valence-corrected chi connectivity index (χ1v) is 9.35. The highest BCUT2D eigenvalue weighted by Crippen LogP contribution is 2.55. The van der Waals surface area contributed by atoms with Gasteiger partial charge in [0.2, 0.25) is 0 Å². The van der Waals surface area contributed by atoms with E-state index in [0.29, 0.717) is 5.41 Å². The molecule has 1 heterocycles. The molecule has 0 saturated heterocycles. The Bertz CT molecular complexity index is 742. The van der Waals surface area contributed by atoms with Crippen molar-refractivity contribution in [2.75, 3.05) is 0 Å². The van der Waals surface area contributed by atoms with Crippen molar-refractivity contribution in [2.45, 2.75) is 76.5 Å². The molecule has 0 bridgehead atoms. The largest absolute Gasteiger partial charge is 0.252 e. The van der Waals surface area contributed by atoms with Crippen LogP contribution in [0.3, 0.4) is 0 Å². The second kappa shape index (κ2) is 4.94. The highest BCUT2D eigenvalue weighted by atomic mass is 14.8. The number of nitrogens with zero attached hydrogens (tertiary/aromatic N) is 1. The Kier molecular flexibility index (Phi) is 3.27. The first kappa shape index (κ1) is 15.9. The van der Waals surface area contributed by atoms with Crippen LogP contribution in [-0.2, 0) is 16.2 Å². The maximum atomic E-state index is 5.24. The van der Waals surface area contributed by atoms with Crippen LogP contribution in [0.2, 0.25) is 0 Å². The summed E-state index contributed by atoms with van der Waals surface area (Å²) in [6, 6.07) is 13.1. The lowest BCUT2D eigenvalue weighted by molar-refractivity contribution is 0.237. The zero-order valence-corrected chi connectivity index (χ0v) is 15.7. The predicted octanol–water partition coefficient (Wildman–Crippen LogP) is 6.15. The highest BCUT2D eigenvalue weighted by Gasteiger charge is 2.48. The molecule has 2 aromatic rings. The fourth-order valence-corrected chi connectivity index (χ4v) is 4.74. The lowest BCUT2D eigenvalue weighted by atomic mass is 9.55. The molecule has 0 spiro atoms. The Morgan fingerprint density at radius 3 is 2.08 bits per heavy atom. The van der Waals surface area contributed by atoms with E-state index in [1.807, 2.05) is 0 Å². The number of pyridine rings is 1. The summed E-state index contributed by atoms with van der Waals surface area (Å²) in [4.78, 5) is 5.24. The maximum Gasteiger partial charge on any atom is 0.0708 e. The summed E-state index contributed by atoms with van der Waals surface area (Å²) >= 11 is 0. The number of benzene rings is 1. The van der Waals surface area contributed by atoms with Crippen LogP contribution >= 0.6 is 0 Å². The van der Waals surface area contributed by atoms with Crippen molar-refractivity contribution in [3.63, 3.8) is 0 Å². The average molecular weight is 319 g/mol. The van der Waals surface area contributed by atoms with Gasteiger partial charge in [0.1, 0.15) is 0 Å². The van der Waals surface area contributed by atoms with Gasteiger partial charge in [-0.25, -0.2) is 0 Å². The van der Waals surface area contributed by atoms with E-state index in [0.717, 1.165) is 5.69 Å². The van der Waals surface area contributed by atoms with Gasteiger partial charge in [0.15, 0.2) is 0 Å². The zero-order chi connectivity index (χ0) is 17.2. The standard InChI is InChI=1S/C23H29N/c1-21(2)11-13-23(5)14-12-22(3,4)20-19(23)17(21)15-18(24-20)16-9-7-6-8-10-16/h6-10,15H,11-14H2,1-5H3. The molecule has 0 radical (unpaired) electrons. The molecule has 1 heteroatoms. The van der Waals surface area contributed by atoms with E-state index in [4.69, 9.17) is 4.98 Å². The summed E-state index contributed by atoms with van der Waals surface area (Å²) in [5.41, 5.74) is 7.60. The molecule has 0 amide bonds. The molecule has 1 nitrogen and oxygen atoms in total. The minimum Gasteiger partial charge on any atom is -0.252 e. The van der Waals surface area contributed by atoms with E-state index in [1.54, 1.807) is 11.1 Å². The van der Waals surface area contributed by atoms with Crippen molar-refractivity contribution in [3.8, 4) is 11.3 Å². The molecular weight excluding hydrogens is 290 g/mol. The van der Waals surface area contributed by atoms with Gasteiger partial charge in [0.05, 0.1) is 11.4 Å². The Morgan fingerprint density at radius 1 is 0.792 bits per heavy atom. The van der Waals surface area contributed by atoms with Crippen LogP contribution < -0.4 is 0 Å². The minimum atomic E-state index is 0.168. The van der Waals surface area contributed by atoms with E-state index < -0.39 is 0 Å². The Hall–Kier alpha value is -1.63. The second-order valence-corrected chi connectivity index (χ2v) is 9.47. The summed E-state index contributed by atoms with van der Waals surface area (Å²) in [7, 11) is 0. The third kappa shape index (κ3) is 2.24. The van der Waals surface area contributed by atoms with Crippen molar-refractivity contribution in [1.82, 2.24) is 4.98 Å². The van der Waals surface area contributed by atoms with Crippen molar-refractivity contribution in [2.24, 2.45) is 0 Å². The predicted molar refractivity (Wildman–Crippen MR) is 102 cm³/mol. The van der Waals surface area contributed by atoms with Gasteiger partial charge in [0, 0.05) is 11.0 Å². The number of aromatic nitrogens is 1. The summed E-state index contributed by atoms with van der Waals surface area (Å²) in [5, 5.41) is 0. The summed E-state index contributed by atoms with van der Waals surface area (Å²) in [6.07, 6.45) is 5.10. The topological polar surface area (TPSA) is 12.9 Å². The van der Waals surface area contributed by atoms with E-state index >= 15 is 0 Å². The molecule has 2 aliphatic carbocycles. The molecule has 1 aromatic heterocycles. The monoisotopic (exact) mass is 319 g/mol. The molecule has 4 rings (SSSR count). The van der Waals surface area contributed by atoms with Crippen LogP contribution in [0.25, 0.3) is 11.3 Å². The van der Waals surface area contributed by atoms with E-state index in [-0.39, 0.29) is 10.8 Å². The molecular formula is C23H29N. The SMILES string of the molecule is CC1(C)CCC2(C)CCC(C)(C)c3nc(-c4ccccc4)cc1c32. The van der Waals surface area contributed by atoms with Gasteiger partial charge in [-0.05, 0) is 53.7 Å². The van der Waals surface area contributed by atoms with Gasteiger partial charge in [-0.2, -0.15) is 0 Å². The van der Waals surface area contributed by atoms with Gasteiger partial charge in [-0.15, -0.1) is 0 Å². The molecule has 0 aliphatic heterocycles. The summed E-state index contributed by atoms with van der Waals surface area (Å²) in [6.45, 7) is 12.1. The zero-order valence-electron chi connectivity index (χ0n) is 15.7. The van der Waals surface area contributed by atoms with Crippen LogP contribution in [0.1, 0.15) is 77.1 Å². The Labute approximate surface area is 146 Å². The van der Waals surface area contributed by atoms with Crippen molar-refractivity contribution in [3.05, 3.63) is 53.2 Å². The van der Waals surface area contributed by atoms with Crippen molar-refractivity contribution >= 4 is 0 Å². The first-order chi connectivity index (χ1) is 11.2. The summed E-state index contributed by atoms with van der Waals surface area (Å²) in [5.74, 6) is 0. The highest BCUT2D eigenvalue weighted by molar-refractivity contribution is 5.64. The molecule has 0 N–H and O–H groups in total. The van der Waals surface area contributed by atoms with Crippen molar-refractivity contribution in [1.29, 1.82) is 0 Å². The number of hydrogen-bond donors (Lipinski definition) is 0. The molecule has 0 saturated carbocycles. The van der Waals surface area contributed by atoms with Gasteiger partial charge in [-0.3, -0.25) is 4.98 Å². The van der Waals surface area contributed by atoms with Gasteiger partial charge in [-0.1, -0.05) is 65.0 Å². The van der Waals surface area contributed by atoms with Gasteiger partial charge < -0.3 is 0 Å². The Balaban J connectivity index is 2.04. The van der Waals surface area contributed by atoms with Crippen LogP contribution in [-0.4, -0.2) is 4.98 Å². The van der Waals surface area contributed by atoms with E-state index in [1.165, 1.54) is 36.9 Å². The van der Waals surface area contributed by atoms with E-state index in [9.17, 15) is 0 Å². The van der Waals surface area contributed by atoms with Gasteiger partial charge in [0.25, 0.3) is 0 Å². The normalized spacial score (nSPS) is 26.7. The molecule has 1 unspecified atom stereocenters. The molecule has 1 atom stereocenters. The van der Waals surface area contributed by atoms with Crippen molar-refractivity contribution < 1.29 is 0 Å². The lowest BCUT2D eigenvalue weighted by Crippen LogP contribution is -2.43. The average Bonchev–Trinajstić information content (AvgIpc) is 2.56. The number of hydrogen-bond acceptors (Lipinski definition) is 1. The molecule has 0 fully saturated rings. The van der Waals surface area contributed by atoms with Crippen LogP contribution in [0.4, 0.5) is 0 Å². The van der Waals surface area contributed by atoms with Gasteiger partial charge >= 0.3 is 0 Å². The smallest absolute Gasteiger partial charge is 0.0708 e. The summed E-state index contributed by atoms with van der Waals surface area (Å²) < 4.78 is 0. The fourth-order valence-electron chi connectivity index (χ4n) is 4.74. The fraction of sp³-hybridized carbons (Fsp3) is 0.522. The van der Waals surface area contributed by atoms with Crippen LogP contribution in [0, 0.1) is 0 Å². The minimum absolute atomic E-state index is 0.168. The van der Waals surface area contributed by atoms with Crippen LogP contribution in [0.5, 0.6) is 0 Å². The first-order valence-electron chi connectivity index (χ1n) is 9.35. The third-order valence-corrected chi connectivity index (χ3v) is 6.67. The molecule has 126 valence electrons. The number of rotatable bonds is 1. The molecule has 1 aromatic carbocycles. The Morgan fingerprint density at radius 2 is 1.42 bits per heavy atom. The molecule has 2 aliphatic rings. The van der Waals surface area contributed by atoms with Crippen LogP contribution in [0.15, 0.2) is 36.4 Å². The second-order valence-electron chi connectivity index (χ2n) is 9.47.